The highest BCUT2D eigenvalue weighted by Gasteiger charge is 2.21. The van der Waals surface area contributed by atoms with E-state index in [0.29, 0.717) is 10.2 Å². The number of phenolic OH excluding ortho intramolecular Hbond substituents is 1. The lowest BCUT2D eigenvalue weighted by atomic mass is 10.1. The van der Waals surface area contributed by atoms with Crippen molar-refractivity contribution in [3.63, 3.8) is 0 Å². The first-order chi connectivity index (χ1) is 8.10. The molecule has 7 heteroatoms. The van der Waals surface area contributed by atoms with Crippen LogP contribution in [-0.2, 0) is 0 Å². The second-order valence-corrected chi connectivity index (χ2v) is 3.33. The number of nitrogens with two attached hydrogens (primary N) is 1. The normalized spacial score (nSPS) is 10.5. The van der Waals surface area contributed by atoms with Crippen molar-refractivity contribution in [1.29, 1.82) is 0 Å². The van der Waals surface area contributed by atoms with Gasteiger partial charge in [0.15, 0.2) is 11.5 Å². The zero-order chi connectivity index (χ0) is 12.6. The third kappa shape index (κ3) is 1.52. The highest BCUT2D eigenvalue weighted by molar-refractivity contribution is 6.01. The average molecular weight is 237 g/mol. The SMILES string of the molecule is COc1c(OC)c(O)c2c[n+]([O-])ncc2c1N. The van der Waals surface area contributed by atoms with Crippen molar-refractivity contribution in [2.24, 2.45) is 0 Å². The molecule has 7 nitrogen and oxygen atoms in total. The monoisotopic (exact) mass is 237 g/mol. The van der Waals surface area contributed by atoms with Crippen LogP contribution in [0.2, 0.25) is 0 Å². The predicted octanol–water partition coefficient (Wildman–Crippen LogP) is 0.173. The zero-order valence-electron chi connectivity index (χ0n) is 9.30. The maximum atomic E-state index is 11.1. The standard InChI is InChI=1S/C10H11N3O4/c1-16-9-7(11)5-3-12-13(15)4-6(5)8(14)10(9)17-2/h3-4,14H,11H2,1-2H3. The Morgan fingerprint density at radius 1 is 1.29 bits per heavy atom. The minimum atomic E-state index is -0.208. The van der Waals surface area contributed by atoms with Gasteiger partial charge in [-0.3, -0.25) is 0 Å². The third-order valence-electron chi connectivity index (χ3n) is 2.45. The van der Waals surface area contributed by atoms with E-state index in [1.54, 1.807) is 0 Å². The summed E-state index contributed by atoms with van der Waals surface area (Å²) in [5.74, 6) is 0.0900. The summed E-state index contributed by atoms with van der Waals surface area (Å²) in [7, 11) is 2.78. The van der Waals surface area contributed by atoms with E-state index in [0.717, 1.165) is 6.20 Å². The van der Waals surface area contributed by atoms with E-state index in [2.05, 4.69) is 5.10 Å². The Morgan fingerprint density at radius 3 is 2.53 bits per heavy atom. The Morgan fingerprint density at radius 2 is 1.94 bits per heavy atom. The van der Waals surface area contributed by atoms with E-state index >= 15 is 0 Å². The van der Waals surface area contributed by atoms with Crippen molar-refractivity contribution in [3.8, 4) is 17.2 Å². The number of rotatable bonds is 2. The summed E-state index contributed by atoms with van der Waals surface area (Å²) < 4.78 is 10.1. The van der Waals surface area contributed by atoms with Gasteiger partial charge in [0.2, 0.25) is 11.9 Å². The van der Waals surface area contributed by atoms with E-state index in [1.807, 2.05) is 0 Å². The molecule has 2 rings (SSSR count). The molecule has 0 spiro atoms. The summed E-state index contributed by atoms with van der Waals surface area (Å²) in [4.78, 5) is 0.327. The molecule has 0 aliphatic carbocycles. The van der Waals surface area contributed by atoms with E-state index < -0.39 is 0 Å². The first-order valence-electron chi connectivity index (χ1n) is 4.71. The number of aromatic nitrogens is 2. The van der Waals surface area contributed by atoms with Crippen LogP contribution in [0, 0.1) is 5.21 Å². The van der Waals surface area contributed by atoms with Gasteiger partial charge in [0.05, 0.1) is 25.3 Å². The van der Waals surface area contributed by atoms with E-state index in [-0.39, 0.29) is 28.3 Å². The summed E-state index contributed by atoms with van der Waals surface area (Å²) in [5, 5.41) is 25.2. The number of ether oxygens (including phenoxy) is 2. The van der Waals surface area contributed by atoms with Crippen LogP contribution in [0.5, 0.6) is 17.2 Å². The number of anilines is 1. The first-order valence-corrected chi connectivity index (χ1v) is 4.71. The van der Waals surface area contributed by atoms with Crippen LogP contribution in [0.15, 0.2) is 12.4 Å². The molecular formula is C10H11N3O4. The molecule has 0 unspecified atom stereocenters. The smallest absolute Gasteiger partial charge is 0.221 e. The van der Waals surface area contributed by atoms with Crippen LogP contribution in [0.3, 0.4) is 0 Å². The largest absolute Gasteiger partial charge is 0.594 e. The number of nitrogen functional groups attached to an aromatic ring is 1. The van der Waals surface area contributed by atoms with E-state index in [1.165, 1.54) is 20.4 Å². The molecule has 1 heterocycles. The van der Waals surface area contributed by atoms with Crippen molar-refractivity contribution in [1.82, 2.24) is 5.10 Å². The van der Waals surface area contributed by atoms with Crippen LogP contribution in [-0.4, -0.2) is 24.4 Å². The molecule has 0 radical (unpaired) electrons. The molecule has 1 aromatic heterocycles. The molecule has 90 valence electrons. The molecule has 0 saturated carbocycles. The van der Waals surface area contributed by atoms with Gasteiger partial charge in [-0.2, -0.15) is 0 Å². The molecule has 0 amide bonds. The van der Waals surface area contributed by atoms with Gasteiger partial charge in [0.1, 0.15) is 6.20 Å². The average Bonchev–Trinajstić information content (AvgIpc) is 2.33. The highest BCUT2D eigenvalue weighted by Crippen LogP contribution is 2.46. The number of nitrogens with zero attached hydrogens (tertiary/aromatic N) is 2. The fourth-order valence-electron chi connectivity index (χ4n) is 1.67. The fraction of sp³-hybridized carbons (Fsp3) is 0.200. The van der Waals surface area contributed by atoms with Gasteiger partial charge >= 0.3 is 0 Å². The highest BCUT2D eigenvalue weighted by atomic mass is 16.5. The molecule has 0 aliphatic rings. The topological polar surface area (TPSA) is 105 Å². The van der Waals surface area contributed by atoms with Crippen LogP contribution in [0.25, 0.3) is 10.8 Å². The van der Waals surface area contributed by atoms with Crippen LogP contribution in [0.4, 0.5) is 5.69 Å². The summed E-state index contributed by atoms with van der Waals surface area (Å²) in [6.45, 7) is 0. The summed E-state index contributed by atoms with van der Waals surface area (Å²) in [6.07, 6.45) is 2.38. The Bertz CT molecular complexity index is 586. The Kier molecular flexibility index (Phi) is 2.51. The number of aromatic hydroxyl groups is 1. The summed E-state index contributed by atoms with van der Waals surface area (Å²) in [5.41, 5.74) is 6.11. The van der Waals surface area contributed by atoms with Gasteiger partial charge < -0.3 is 25.5 Å². The Balaban J connectivity index is 2.94. The lowest BCUT2D eigenvalue weighted by molar-refractivity contribution is -0.667. The fourth-order valence-corrected chi connectivity index (χ4v) is 1.67. The lowest BCUT2D eigenvalue weighted by Gasteiger charge is -2.13. The predicted molar refractivity (Wildman–Crippen MR) is 59.9 cm³/mol. The summed E-state index contributed by atoms with van der Waals surface area (Å²) >= 11 is 0. The minimum Gasteiger partial charge on any atom is -0.594 e. The third-order valence-corrected chi connectivity index (χ3v) is 2.45. The number of fused-ring (bicyclic) bond motifs is 1. The molecule has 0 aliphatic heterocycles. The molecule has 0 bridgehead atoms. The number of methoxy groups -OCH3 is 2. The molecular weight excluding hydrogens is 226 g/mol. The molecule has 0 fully saturated rings. The van der Waals surface area contributed by atoms with Gasteiger partial charge in [-0.25, -0.2) is 0 Å². The van der Waals surface area contributed by atoms with Gasteiger partial charge in [-0.05, 0) is 0 Å². The maximum Gasteiger partial charge on any atom is 0.221 e. The number of phenols is 1. The van der Waals surface area contributed by atoms with E-state index in [4.69, 9.17) is 15.2 Å². The first kappa shape index (κ1) is 11.1. The molecule has 17 heavy (non-hydrogen) atoms. The molecule has 1 aromatic carbocycles. The van der Waals surface area contributed by atoms with Crippen LogP contribution in [0.1, 0.15) is 0 Å². The molecule has 3 N–H and O–H groups in total. The number of hydrogen-bond acceptors (Lipinski definition) is 6. The van der Waals surface area contributed by atoms with Crippen molar-refractivity contribution in [3.05, 3.63) is 17.6 Å². The summed E-state index contributed by atoms with van der Waals surface area (Å²) in [6, 6.07) is 0. The second-order valence-electron chi connectivity index (χ2n) is 3.33. The van der Waals surface area contributed by atoms with Crippen LogP contribution >= 0.6 is 0 Å². The lowest BCUT2D eigenvalue weighted by Crippen LogP contribution is -2.29. The molecule has 0 saturated heterocycles. The van der Waals surface area contributed by atoms with Gasteiger partial charge in [0, 0.05) is 10.5 Å². The van der Waals surface area contributed by atoms with Gasteiger partial charge in [-0.1, -0.05) is 4.85 Å². The van der Waals surface area contributed by atoms with Gasteiger partial charge in [0.25, 0.3) is 0 Å². The molecule has 0 atom stereocenters. The molecule has 2 aromatic rings. The minimum absolute atomic E-state index is 0.0868. The van der Waals surface area contributed by atoms with Crippen molar-refractivity contribution >= 4 is 16.5 Å². The maximum absolute atomic E-state index is 11.1. The van der Waals surface area contributed by atoms with E-state index in [9.17, 15) is 10.3 Å². The van der Waals surface area contributed by atoms with Crippen LogP contribution < -0.4 is 20.1 Å². The number of benzene rings is 1. The van der Waals surface area contributed by atoms with Crippen molar-refractivity contribution < 1.29 is 19.4 Å². The Hall–Kier alpha value is -2.44. The van der Waals surface area contributed by atoms with Crippen molar-refractivity contribution in [2.45, 2.75) is 0 Å². The number of hydrogen-bond donors (Lipinski definition) is 2. The van der Waals surface area contributed by atoms with Gasteiger partial charge in [-0.15, -0.1) is 0 Å². The van der Waals surface area contributed by atoms with Crippen molar-refractivity contribution in [2.75, 3.05) is 20.0 Å². The quantitative estimate of drug-likeness (QED) is 0.334. The zero-order valence-corrected chi connectivity index (χ0v) is 9.30. The second kappa shape index (κ2) is 3.85. The Labute approximate surface area is 96.6 Å².